The molecule has 0 bridgehead atoms. The summed E-state index contributed by atoms with van der Waals surface area (Å²) in [5.41, 5.74) is 0.792. The van der Waals surface area contributed by atoms with Crippen LogP contribution in [0.1, 0.15) is 19.4 Å². The zero-order valence-electron chi connectivity index (χ0n) is 11.5. The van der Waals surface area contributed by atoms with Gasteiger partial charge >= 0.3 is 0 Å². The fraction of sp³-hybridized carbons (Fsp3) is 0.333. The van der Waals surface area contributed by atoms with Crippen LogP contribution in [0, 0.1) is 11.3 Å². The van der Waals surface area contributed by atoms with Gasteiger partial charge < -0.3 is 14.8 Å². The van der Waals surface area contributed by atoms with Crippen LogP contribution in [-0.2, 0) is 4.79 Å². The Hall–Kier alpha value is -2.48. The van der Waals surface area contributed by atoms with Crippen molar-refractivity contribution in [1.29, 1.82) is 5.26 Å². The Bertz CT molecular complexity index is 585. The minimum atomic E-state index is -0.377. The lowest BCUT2D eigenvalue weighted by atomic mass is 10.1. The Morgan fingerprint density at radius 2 is 2.05 bits per heavy atom. The van der Waals surface area contributed by atoms with Crippen molar-refractivity contribution in [2.45, 2.75) is 19.9 Å². The molecule has 1 heterocycles. The van der Waals surface area contributed by atoms with Crippen molar-refractivity contribution in [3.05, 3.63) is 29.3 Å². The van der Waals surface area contributed by atoms with E-state index in [4.69, 9.17) is 14.7 Å². The largest absolute Gasteiger partial charge is 0.486 e. The fourth-order valence-corrected chi connectivity index (χ4v) is 1.80. The van der Waals surface area contributed by atoms with Gasteiger partial charge in [-0.25, -0.2) is 0 Å². The highest BCUT2D eigenvalue weighted by molar-refractivity contribution is 6.01. The van der Waals surface area contributed by atoms with E-state index >= 15 is 0 Å². The van der Waals surface area contributed by atoms with Crippen LogP contribution in [-0.4, -0.2) is 25.2 Å². The van der Waals surface area contributed by atoms with Crippen molar-refractivity contribution < 1.29 is 14.3 Å². The van der Waals surface area contributed by atoms with E-state index in [0.29, 0.717) is 24.7 Å². The summed E-state index contributed by atoms with van der Waals surface area (Å²) in [6.07, 6.45) is 1.54. The van der Waals surface area contributed by atoms with E-state index in [-0.39, 0.29) is 17.5 Å². The maximum absolute atomic E-state index is 11.8. The molecule has 0 saturated heterocycles. The first-order chi connectivity index (χ1) is 9.60. The Balaban J connectivity index is 2.24. The number of benzene rings is 1. The first-order valence-electron chi connectivity index (χ1n) is 6.42. The third-order valence-corrected chi connectivity index (χ3v) is 2.66. The number of carbonyl (C=O) groups excluding carboxylic acids is 1. The molecule has 0 unspecified atom stereocenters. The second kappa shape index (κ2) is 6.11. The molecule has 1 aliphatic heterocycles. The van der Waals surface area contributed by atoms with Crippen molar-refractivity contribution in [3.63, 3.8) is 0 Å². The van der Waals surface area contributed by atoms with Gasteiger partial charge in [0.15, 0.2) is 11.5 Å². The van der Waals surface area contributed by atoms with Crippen molar-refractivity contribution in [1.82, 2.24) is 5.32 Å². The molecule has 104 valence electrons. The van der Waals surface area contributed by atoms with Gasteiger partial charge in [0.1, 0.15) is 24.9 Å². The van der Waals surface area contributed by atoms with Crippen LogP contribution < -0.4 is 14.8 Å². The van der Waals surface area contributed by atoms with E-state index < -0.39 is 0 Å². The van der Waals surface area contributed by atoms with Gasteiger partial charge in [0.05, 0.1) is 0 Å². The molecule has 0 fully saturated rings. The number of nitrogens with zero attached hydrogens (tertiary/aromatic N) is 1. The molecular weight excluding hydrogens is 256 g/mol. The van der Waals surface area contributed by atoms with Crippen LogP contribution in [0.15, 0.2) is 23.8 Å². The van der Waals surface area contributed by atoms with E-state index in [1.165, 1.54) is 6.08 Å². The van der Waals surface area contributed by atoms with Gasteiger partial charge in [-0.2, -0.15) is 5.26 Å². The molecule has 0 spiro atoms. The Morgan fingerprint density at radius 3 is 2.70 bits per heavy atom. The predicted octanol–water partition coefficient (Wildman–Crippen LogP) is 1.89. The summed E-state index contributed by atoms with van der Waals surface area (Å²) in [6, 6.07) is 7.22. The van der Waals surface area contributed by atoms with Gasteiger partial charge in [-0.1, -0.05) is 6.07 Å². The van der Waals surface area contributed by atoms with E-state index in [0.717, 1.165) is 5.56 Å². The number of amides is 1. The van der Waals surface area contributed by atoms with Crippen molar-refractivity contribution in [3.8, 4) is 17.6 Å². The Labute approximate surface area is 117 Å². The summed E-state index contributed by atoms with van der Waals surface area (Å²) in [5.74, 6) is 0.933. The average molecular weight is 272 g/mol. The number of nitriles is 1. The van der Waals surface area contributed by atoms with E-state index in [2.05, 4.69) is 5.32 Å². The molecule has 1 aromatic rings. The lowest BCUT2D eigenvalue weighted by molar-refractivity contribution is -0.117. The van der Waals surface area contributed by atoms with Crippen molar-refractivity contribution in [2.75, 3.05) is 13.2 Å². The molecule has 1 amide bonds. The second-order valence-corrected chi connectivity index (χ2v) is 4.70. The summed E-state index contributed by atoms with van der Waals surface area (Å²) in [7, 11) is 0. The molecule has 2 rings (SSSR count). The highest BCUT2D eigenvalue weighted by Crippen LogP contribution is 2.31. The average Bonchev–Trinajstić information content (AvgIpc) is 2.43. The topological polar surface area (TPSA) is 71.4 Å². The van der Waals surface area contributed by atoms with Crippen molar-refractivity contribution >= 4 is 12.0 Å². The maximum Gasteiger partial charge on any atom is 0.262 e. The van der Waals surface area contributed by atoms with Gasteiger partial charge in [-0.3, -0.25) is 4.79 Å². The molecule has 1 aromatic carbocycles. The molecule has 0 aromatic heterocycles. The van der Waals surface area contributed by atoms with Crippen LogP contribution in [0.4, 0.5) is 0 Å². The van der Waals surface area contributed by atoms with Gasteiger partial charge in [-0.15, -0.1) is 0 Å². The van der Waals surface area contributed by atoms with E-state index in [1.807, 2.05) is 19.9 Å². The number of fused-ring (bicyclic) bond motifs is 1. The quantitative estimate of drug-likeness (QED) is 0.673. The molecule has 0 saturated carbocycles. The monoisotopic (exact) mass is 272 g/mol. The Kier molecular flexibility index (Phi) is 4.26. The molecule has 0 aliphatic carbocycles. The molecule has 20 heavy (non-hydrogen) atoms. The van der Waals surface area contributed by atoms with E-state index in [1.54, 1.807) is 18.2 Å². The number of hydrogen-bond donors (Lipinski definition) is 1. The second-order valence-electron chi connectivity index (χ2n) is 4.70. The third-order valence-electron chi connectivity index (χ3n) is 2.66. The van der Waals surface area contributed by atoms with Gasteiger partial charge in [0.2, 0.25) is 0 Å². The number of hydrogen-bond acceptors (Lipinski definition) is 4. The number of nitrogens with one attached hydrogen (secondary N) is 1. The number of ether oxygens (including phenoxy) is 2. The van der Waals surface area contributed by atoms with Crippen molar-refractivity contribution in [2.24, 2.45) is 0 Å². The highest BCUT2D eigenvalue weighted by Gasteiger charge is 2.13. The zero-order valence-corrected chi connectivity index (χ0v) is 11.5. The molecule has 0 atom stereocenters. The van der Waals surface area contributed by atoms with E-state index in [9.17, 15) is 4.79 Å². The molecule has 1 N–H and O–H groups in total. The molecule has 1 aliphatic rings. The summed E-state index contributed by atoms with van der Waals surface area (Å²) in [6.45, 7) is 4.72. The van der Waals surface area contributed by atoms with Crippen LogP contribution in [0.5, 0.6) is 11.5 Å². The molecular formula is C15H16N2O3. The zero-order chi connectivity index (χ0) is 14.5. The van der Waals surface area contributed by atoms with Gasteiger partial charge in [0.25, 0.3) is 5.91 Å². The van der Waals surface area contributed by atoms with Crippen LogP contribution >= 0.6 is 0 Å². The predicted molar refractivity (Wildman–Crippen MR) is 74.3 cm³/mol. The van der Waals surface area contributed by atoms with Gasteiger partial charge in [0, 0.05) is 6.04 Å². The lowest BCUT2D eigenvalue weighted by Gasteiger charge is -2.18. The standard InChI is InChI=1S/C15H16N2O3/c1-10(2)17-15(18)12(9-16)7-11-3-4-13-14(8-11)20-6-5-19-13/h3-4,7-8,10H,5-6H2,1-2H3,(H,17,18)/b12-7-. The summed E-state index contributed by atoms with van der Waals surface area (Å²) in [4.78, 5) is 11.8. The van der Waals surface area contributed by atoms with Crippen LogP contribution in [0.25, 0.3) is 6.08 Å². The van der Waals surface area contributed by atoms with Crippen LogP contribution in [0.3, 0.4) is 0 Å². The minimum absolute atomic E-state index is 0.0143. The first kappa shape index (κ1) is 13.9. The summed E-state index contributed by atoms with van der Waals surface area (Å²) >= 11 is 0. The number of carbonyl (C=O) groups is 1. The molecule has 0 radical (unpaired) electrons. The molecule has 5 heteroatoms. The van der Waals surface area contributed by atoms with Gasteiger partial charge in [-0.05, 0) is 37.6 Å². The smallest absolute Gasteiger partial charge is 0.262 e. The maximum atomic E-state index is 11.8. The van der Waals surface area contributed by atoms with Crippen LogP contribution in [0.2, 0.25) is 0 Å². The minimum Gasteiger partial charge on any atom is -0.486 e. The normalized spacial score (nSPS) is 13.8. The number of rotatable bonds is 3. The Morgan fingerprint density at radius 1 is 1.35 bits per heavy atom. The first-order valence-corrected chi connectivity index (χ1v) is 6.42. The summed E-state index contributed by atoms with van der Waals surface area (Å²) in [5, 5.41) is 11.8. The molecule has 5 nitrogen and oxygen atoms in total. The third kappa shape index (κ3) is 3.29. The highest BCUT2D eigenvalue weighted by atomic mass is 16.6. The lowest BCUT2D eigenvalue weighted by Crippen LogP contribution is -2.30. The fourth-order valence-electron chi connectivity index (χ4n) is 1.80. The SMILES string of the molecule is CC(C)NC(=O)/C(C#N)=C\c1ccc2c(c1)OCCO2. The summed E-state index contributed by atoms with van der Waals surface area (Å²) < 4.78 is 10.9.